The minimum Gasteiger partial charge on any atom is -0.336 e. The molecule has 2 N–H and O–H groups in total. The second kappa shape index (κ2) is 7.99. The summed E-state index contributed by atoms with van der Waals surface area (Å²) in [6.45, 7) is 3.51. The number of H-pyrrole nitrogens is 2. The zero-order valence-corrected chi connectivity index (χ0v) is 17.2. The van der Waals surface area contributed by atoms with Crippen LogP contribution in [0.3, 0.4) is 0 Å². The zero-order chi connectivity index (χ0) is 22.1. The highest BCUT2D eigenvalue weighted by Crippen LogP contribution is 2.32. The van der Waals surface area contributed by atoms with Crippen molar-refractivity contribution in [1.82, 2.24) is 25.1 Å². The van der Waals surface area contributed by atoms with Gasteiger partial charge in [-0.05, 0) is 31.0 Å². The van der Waals surface area contributed by atoms with Crippen LogP contribution in [-0.2, 0) is 0 Å². The maximum absolute atomic E-state index is 14.4. The molecule has 5 aromatic rings. The SMILES string of the molecule is C=N/C=C(\C=NC)c1ccc2[nH]nc(-c3nc4c(-c5ccccc5F)cccc4[nH]3)c2n1. The molecule has 7 nitrogen and oxygen atoms in total. The lowest BCUT2D eigenvalue weighted by Gasteiger charge is -2.03. The van der Waals surface area contributed by atoms with Gasteiger partial charge in [0.1, 0.15) is 11.3 Å². The molecule has 0 amide bonds. The van der Waals surface area contributed by atoms with E-state index < -0.39 is 0 Å². The third-order valence-electron chi connectivity index (χ3n) is 5.10. The molecule has 8 heteroatoms. The smallest absolute Gasteiger partial charge is 0.161 e. The fourth-order valence-electron chi connectivity index (χ4n) is 3.67. The number of fused-ring (bicyclic) bond motifs is 2. The van der Waals surface area contributed by atoms with Gasteiger partial charge in [0.15, 0.2) is 11.5 Å². The molecule has 3 aromatic heterocycles. The van der Waals surface area contributed by atoms with Crippen LogP contribution >= 0.6 is 0 Å². The van der Waals surface area contributed by atoms with E-state index in [1.807, 2.05) is 30.3 Å². The van der Waals surface area contributed by atoms with Crippen molar-refractivity contribution in [3.05, 3.63) is 72.3 Å². The van der Waals surface area contributed by atoms with Crippen LogP contribution < -0.4 is 0 Å². The Bertz CT molecular complexity index is 1520. The molecule has 0 bridgehead atoms. The van der Waals surface area contributed by atoms with Crippen LogP contribution in [0.1, 0.15) is 5.69 Å². The number of aromatic nitrogens is 5. The van der Waals surface area contributed by atoms with E-state index in [4.69, 9.17) is 9.97 Å². The summed E-state index contributed by atoms with van der Waals surface area (Å²) in [4.78, 5) is 20.7. The summed E-state index contributed by atoms with van der Waals surface area (Å²) >= 11 is 0. The van der Waals surface area contributed by atoms with Gasteiger partial charge in [0.25, 0.3) is 0 Å². The highest BCUT2D eigenvalue weighted by Gasteiger charge is 2.17. The molecular formula is C24H18FN7. The Labute approximate surface area is 182 Å². The molecule has 0 atom stereocenters. The highest BCUT2D eigenvalue weighted by molar-refractivity contribution is 6.09. The van der Waals surface area contributed by atoms with Crippen LogP contribution in [0.4, 0.5) is 4.39 Å². The Balaban J connectivity index is 1.68. The van der Waals surface area contributed by atoms with Crippen LogP contribution in [0.2, 0.25) is 0 Å². The first-order valence-corrected chi connectivity index (χ1v) is 9.87. The number of aromatic amines is 2. The summed E-state index contributed by atoms with van der Waals surface area (Å²) in [5, 5.41) is 7.42. The lowest BCUT2D eigenvalue weighted by Crippen LogP contribution is -1.92. The van der Waals surface area contributed by atoms with Gasteiger partial charge in [-0.25, -0.2) is 14.4 Å². The van der Waals surface area contributed by atoms with Crippen molar-refractivity contribution in [2.75, 3.05) is 7.05 Å². The van der Waals surface area contributed by atoms with E-state index in [0.29, 0.717) is 39.4 Å². The first-order valence-electron chi connectivity index (χ1n) is 9.87. The lowest BCUT2D eigenvalue weighted by atomic mass is 10.0. The number of halogens is 1. The molecule has 32 heavy (non-hydrogen) atoms. The fourth-order valence-corrected chi connectivity index (χ4v) is 3.67. The largest absolute Gasteiger partial charge is 0.336 e. The van der Waals surface area contributed by atoms with Crippen molar-refractivity contribution in [3.8, 4) is 22.6 Å². The van der Waals surface area contributed by atoms with Crippen LogP contribution in [0.5, 0.6) is 0 Å². The molecule has 0 aliphatic rings. The number of benzene rings is 2. The van der Waals surface area contributed by atoms with Crippen molar-refractivity contribution >= 4 is 40.6 Å². The van der Waals surface area contributed by atoms with Gasteiger partial charge >= 0.3 is 0 Å². The summed E-state index contributed by atoms with van der Waals surface area (Å²) in [5.74, 6) is 0.241. The van der Waals surface area contributed by atoms with Gasteiger partial charge in [-0.3, -0.25) is 15.1 Å². The van der Waals surface area contributed by atoms with Gasteiger partial charge in [-0.1, -0.05) is 30.3 Å². The zero-order valence-electron chi connectivity index (χ0n) is 17.2. The maximum atomic E-state index is 14.4. The van der Waals surface area contributed by atoms with Crippen LogP contribution in [0.25, 0.3) is 50.3 Å². The number of aliphatic imine (C=N–C) groups is 2. The first kappa shape index (κ1) is 19.5. The van der Waals surface area contributed by atoms with Gasteiger partial charge in [0, 0.05) is 36.2 Å². The standard InChI is InChI=1S/C24H18FN7/c1-26-12-14(13-27-2)18-10-11-20-22(28-18)23(32-31-20)24-29-19-9-5-7-16(21(19)30-24)15-6-3-4-8-17(15)25/h3-13H,1H2,2H3,(H,29,30)(H,31,32)/b14-12+,27-13?. The summed E-state index contributed by atoms with van der Waals surface area (Å²) < 4.78 is 14.4. The average Bonchev–Trinajstić information content (AvgIpc) is 3.42. The van der Waals surface area contributed by atoms with E-state index >= 15 is 0 Å². The van der Waals surface area contributed by atoms with Gasteiger partial charge in [-0.15, -0.1) is 0 Å². The number of para-hydroxylation sites is 1. The molecule has 5 rings (SSSR count). The average molecular weight is 423 g/mol. The predicted molar refractivity (Wildman–Crippen MR) is 126 cm³/mol. The first-order chi connectivity index (χ1) is 15.7. The Morgan fingerprint density at radius 1 is 0.969 bits per heavy atom. The number of nitrogens with one attached hydrogen (secondary N) is 2. The van der Waals surface area contributed by atoms with E-state index in [9.17, 15) is 4.39 Å². The summed E-state index contributed by atoms with van der Waals surface area (Å²) in [6.07, 6.45) is 3.27. The van der Waals surface area contributed by atoms with E-state index in [-0.39, 0.29) is 5.82 Å². The quantitative estimate of drug-likeness (QED) is 0.387. The van der Waals surface area contributed by atoms with Crippen LogP contribution in [0.15, 0.2) is 70.8 Å². The van der Waals surface area contributed by atoms with Crippen LogP contribution in [0, 0.1) is 5.82 Å². The summed E-state index contributed by atoms with van der Waals surface area (Å²) in [7, 11) is 1.68. The molecule has 0 saturated heterocycles. The number of hydrogen-bond donors (Lipinski definition) is 2. The van der Waals surface area contributed by atoms with Gasteiger partial charge in [0.05, 0.1) is 22.2 Å². The molecule has 0 aliphatic heterocycles. The number of rotatable bonds is 5. The second-order valence-corrected chi connectivity index (χ2v) is 7.09. The summed E-state index contributed by atoms with van der Waals surface area (Å²) in [5.41, 5.74) is 6.02. The van der Waals surface area contributed by atoms with Gasteiger partial charge < -0.3 is 4.98 Å². The molecule has 0 radical (unpaired) electrons. The lowest BCUT2D eigenvalue weighted by molar-refractivity contribution is 0.631. The monoisotopic (exact) mass is 423 g/mol. The molecule has 0 aliphatic carbocycles. The second-order valence-electron chi connectivity index (χ2n) is 7.09. The predicted octanol–water partition coefficient (Wildman–Crippen LogP) is 5.05. The van der Waals surface area contributed by atoms with E-state index in [1.54, 1.807) is 37.7 Å². The third-order valence-corrected chi connectivity index (χ3v) is 5.10. The van der Waals surface area contributed by atoms with Crippen LogP contribution in [-0.4, -0.2) is 45.1 Å². The fraction of sp³-hybridized carbons (Fsp3) is 0.0417. The van der Waals surface area contributed by atoms with Crippen molar-refractivity contribution in [2.45, 2.75) is 0 Å². The molecule has 0 fully saturated rings. The Kier molecular flexibility index (Phi) is 4.87. The Hall–Kier alpha value is -4.46. The van der Waals surface area contributed by atoms with Crippen molar-refractivity contribution in [3.63, 3.8) is 0 Å². The third kappa shape index (κ3) is 3.27. The molecule has 3 heterocycles. The van der Waals surface area contributed by atoms with E-state index in [0.717, 1.165) is 16.6 Å². The molecule has 0 saturated carbocycles. The highest BCUT2D eigenvalue weighted by atomic mass is 19.1. The number of pyridine rings is 1. The molecule has 0 unspecified atom stereocenters. The number of allylic oxidation sites excluding steroid dienone is 1. The molecule has 0 spiro atoms. The molecular weight excluding hydrogens is 405 g/mol. The van der Waals surface area contributed by atoms with E-state index in [2.05, 4.69) is 31.9 Å². The summed E-state index contributed by atoms with van der Waals surface area (Å²) in [6, 6.07) is 16.0. The topological polar surface area (TPSA) is 95.0 Å². The minimum atomic E-state index is -0.297. The normalized spacial score (nSPS) is 12.2. The molecule has 2 aromatic carbocycles. The Morgan fingerprint density at radius 3 is 2.62 bits per heavy atom. The molecule has 156 valence electrons. The van der Waals surface area contributed by atoms with Crippen molar-refractivity contribution < 1.29 is 4.39 Å². The van der Waals surface area contributed by atoms with Gasteiger partial charge in [-0.2, -0.15) is 5.10 Å². The Morgan fingerprint density at radius 2 is 1.81 bits per heavy atom. The number of hydrogen-bond acceptors (Lipinski definition) is 5. The van der Waals surface area contributed by atoms with E-state index in [1.165, 1.54) is 6.07 Å². The van der Waals surface area contributed by atoms with Gasteiger partial charge in [0.2, 0.25) is 0 Å². The number of imidazole rings is 1. The number of nitrogens with zero attached hydrogens (tertiary/aromatic N) is 5. The maximum Gasteiger partial charge on any atom is 0.161 e. The van der Waals surface area contributed by atoms with Crippen molar-refractivity contribution in [2.24, 2.45) is 9.98 Å². The minimum absolute atomic E-state index is 0.297. The van der Waals surface area contributed by atoms with Crippen molar-refractivity contribution in [1.29, 1.82) is 0 Å².